The second kappa shape index (κ2) is 13.9. The summed E-state index contributed by atoms with van der Waals surface area (Å²) >= 11 is 3.94. The molecule has 0 spiro atoms. The first kappa shape index (κ1) is 28.7. The summed E-state index contributed by atoms with van der Waals surface area (Å²) in [7, 11) is 0. The fourth-order valence-electron chi connectivity index (χ4n) is 2.63. The van der Waals surface area contributed by atoms with E-state index in [9.17, 15) is 29.1 Å². The molecule has 0 aliphatic carbocycles. The molecule has 178 valence electrons. The Kier molecular flexibility index (Phi) is 12.8. The number of aliphatic carboxylic acids is 1. The quantitative estimate of drug-likeness (QED) is 0.157. The lowest BCUT2D eigenvalue weighted by atomic mass is 9.96. The van der Waals surface area contributed by atoms with Gasteiger partial charge in [-0.25, -0.2) is 4.79 Å². The van der Waals surface area contributed by atoms with Crippen molar-refractivity contribution in [1.29, 1.82) is 0 Å². The number of primary amides is 1. The average molecular weight is 462 g/mol. The highest BCUT2D eigenvalue weighted by molar-refractivity contribution is 7.80. The van der Waals surface area contributed by atoms with Crippen molar-refractivity contribution in [1.82, 2.24) is 16.0 Å². The van der Waals surface area contributed by atoms with Crippen molar-refractivity contribution in [3.63, 3.8) is 0 Å². The van der Waals surface area contributed by atoms with Gasteiger partial charge < -0.3 is 32.5 Å². The van der Waals surface area contributed by atoms with E-state index >= 15 is 0 Å². The number of carbonyl (C=O) groups is 5. The third kappa shape index (κ3) is 10.0. The number of nitrogens with one attached hydrogen (secondary N) is 3. The first-order valence-electron chi connectivity index (χ1n) is 10.1. The van der Waals surface area contributed by atoms with Gasteiger partial charge in [-0.15, -0.1) is 0 Å². The topological polar surface area (TPSA) is 194 Å². The van der Waals surface area contributed by atoms with Crippen molar-refractivity contribution in [2.24, 2.45) is 23.3 Å². The highest BCUT2D eigenvalue weighted by Crippen LogP contribution is 2.11. The molecule has 0 aromatic rings. The molecule has 0 radical (unpaired) electrons. The van der Waals surface area contributed by atoms with E-state index in [1.54, 1.807) is 20.8 Å². The lowest BCUT2D eigenvalue weighted by Crippen LogP contribution is -2.59. The van der Waals surface area contributed by atoms with Crippen molar-refractivity contribution < 1.29 is 29.1 Å². The molecule has 5 unspecified atom stereocenters. The maximum atomic E-state index is 12.9. The summed E-state index contributed by atoms with van der Waals surface area (Å²) in [6.07, 6.45) is 0.245. The van der Waals surface area contributed by atoms with E-state index in [0.717, 1.165) is 0 Å². The first-order valence-corrected chi connectivity index (χ1v) is 10.8. The molecule has 0 saturated carbocycles. The smallest absolute Gasteiger partial charge is 0.326 e. The molecular weight excluding hydrogens is 426 g/mol. The van der Waals surface area contributed by atoms with Gasteiger partial charge in [0.15, 0.2) is 0 Å². The van der Waals surface area contributed by atoms with Crippen LogP contribution in [0.25, 0.3) is 0 Å². The Morgan fingerprint density at radius 3 is 1.90 bits per heavy atom. The average Bonchev–Trinajstić information content (AvgIpc) is 2.70. The normalized spacial score (nSPS) is 15.8. The number of thiol groups is 1. The fraction of sp³-hybridized carbons (Fsp3) is 0.737. The summed E-state index contributed by atoms with van der Waals surface area (Å²) in [5.74, 6) is -4.53. The molecule has 0 fully saturated rings. The summed E-state index contributed by atoms with van der Waals surface area (Å²) in [6, 6.07) is -4.31. The molecule has 11 nitrogen and oxygen atoms in total. The molecule has 12 heteroatoms. The van der Waals surface area contributed by atoms with Gasteiger partial charge in [0.05, 0.1) is 6.04 Å². The van der Waals surface area contributed by atoms with E-state index in [1.807, 2.05) is 6.92 Å². The Morgan fingerprint density at radius 2 is 1.48 bits per heavy atom. The van der Waals surface area contributed by atoms with Gasteiger partial charge in [0.2, 0.25) is 23.6 Å². The number of rotatable bonds is 14. The SMILES string of the molecule is CCC(C)C(NC(=O)C(CCC(N)=O)NC(=O)C(N)CS)C(=O)NC(C(=O)O)C(C)C. The molecule has 0 rings (SSSR count). The standard InChI is InChI=1S/C19H35N5O6S/c1-5-10(4)15(18(28)23-14(9(2)3)19(29)30)24-17(27)12(6-7-13(21)25)22-16(26)11(20)8-31/h9-12,14-15,31H,5-8,20H2,1-4H3,(H2,21,25)(H,22,26)(H,23,28)(H,24,27)(H,29,30). The molecule has 0 aliphatic heterocycles. The first-order chi connectivity index (χ1) is 14.3. The van der Waals surface area contributed by atoms with Gasteiger partial charge in [0.25, 0.3) is 0 Å². The number of carbonyl (C=O) groups excluding carboxylic acids is 4. The van der Waals surface area contributed by atoms with Crippen molar-refractivity contribution in [2.45, 2.75) is 71.1 Å². The number of carboxylic acid groups (broad SMARTS) is 1. The van der Waals surface area contributed by atoms with Gasteiger partial charge in [0, 0.05) is 12.2 Å². The van der Waals surface area contributed by atoms with Crippen LogP contribution in [-0.4, -0.2) is 64.6 Å². The van der Waals surface area contributed by atoms with Crippen LogP contribution in [0.4, 0.5) is 0 Å². The molecular formula is C19H35N5O6S. The highest BCUT2D eigenvalue weighted by atomic mass is 32.1. The molecule has 0 aliphatic rings. The molecule has 4 amide bonds. The van der Waals surface area contributed by atoms with Crippen LogP contribution in [0.3, 0.4) is 0 Å². The second-order valence-corrected chi connectivity index (χ2v) is 8.16. The minimum Gasteiger partial charge on any atom is -0.480 e. The zero-order chi connectivity index (χ0) is 24.3. The maximum Gasteiger partial charge on any atom is 0.326 e. The summed E-state index contributed by atoms with van der Waals surface area (Å²) < 4.78 is 0. The van der Waals surface area contributed by atoms with E-state index < -0.39 is 53.8 Å². The minimum absolute atomic E-state index is 0.0413. The Bertz CT molecular complexity index is 660. The number of nitrogens with two attached hydrogens (primary N) is 2. The molecule has 0 saturated heterocycles. The van der Waals surface area contributed by atoms with E-state index in [1.165, 1.54) is 0 Å². The largest absolute Gasteiger partial charge is 0.480 e. The third-order valence-electron chi connectivity index (χ3n) is 4.87. The lowest BCUT2D eigenvalue weighted by molar-refractivity contribution is -0.144. The zero-order valence-electron chi connectivity index (χ0n) is 18.4. The molecule has 0 heterocycles. The molecule has 8 N–H and O–H groups in total. The highest BCUT2D eigenvalue weighted by Gasteiger charge is 2.33. The molecule has 0 bridgehead atoms. The predicted molar refractivity (Wildman–Crippen MR) is 118 cm³/mol. The summed E-state index contributed by atoms with van der Waals surface area (Å²) in [6.45, 7) is 6.84. The number of hydrogen-bond acceptors (Lipinski definition) is 7. The van der Waals surface area contributed by atoms with Gasteiger partial charge >= 0.3 is 5.97 Å². The Hall–Kier alpha value is -2.34. The van der Waals surface area contributed by atoms with Gasteiger partial charge in [0.1, 0.15) is 18.1 Å². The van der Waals surface area contributed by atoms with Gasteiger partial charge in [-0.1, -0.05) is 34.1 Å². The fourth-order valence-corrected chi connectivity index (χ4v) is 2.80. The summed E-state index contributed by atoms with van der Waals surface area (Å²) in [5.41, 5.74) is 10.8. The van der Waals surface area contributed by atoms with E-state index in [2.05, 4.69) is 28.6 Å². The minimum atomic E-state index is -1.19. The van der Waals surface area contributed by atoms with Crippen LogP contribution in [0.15, 0.2) is 0 Å². The third-order valence-corrected chi connectivity index (χ3v) is 5.26. The van der Waals surface area contributed by atoms with Crippen molar-refractivity contribution in [3.05, 3.63) is 0 Å². The van der Waals surface area contributed by atoms with E-state index in [-0.39, 0.29) is 30.4 Å². The van der Waals surface area contributed by atoms with E-state index in [4.69, 9.17) is 11.5 Å². The van der Waals surface area contributed by atoms with Crippen LogP contribution in [0.1, 0.15) is 47.0 Å². The molecule has 31 heavy (non-hydrogen) atoms. The molecule has 0 aromatic carbocycles. The Morgan fingerprint density at radius 1 is 0.935 bits per heavy atom. The summed E-state index contributed by atoms with van der Waals surface area (Å²) in [5, 5.41) is 16.8. The van der Waals surface area contributed by atoms with Crippen molar-refractivity contribution >= 4 is 42.2 Å². The van der Waals surface area contributed by atoms with Crippen LogP contribution in [-0.2, 0) is 24.0 Å². The van der Waals surface area contributed by atoms with Crippen molar-refractivity contribution in [3.8, 4) is 0 Å². The van der Waals surface area contributed by atoms with Gasteiger partial charge in [-0.05, 0) is 18.3 Å². The van der Waals surface area contributed by atoms with Crippen LogP contribution >= 0.6 is 12.6 Å². The molecule has 0 aromatic heterocycles. The Balaban J connectivity index is 5.56. The maximum absolute atomic E-state index is 12.9. The zero-order valence-corrected chi connectivity index (χ0v) is 19.3. The van der Waals surface area contributed by atoms with Crippen LogP contribution in [0.2, 0.25) is 0 Å². The van der Waals surface area contributed by atoms with Gasteiger partial charge in [-0.3, -0.25) is 19.2 Å². The van der Waals surface area contributed by atoms with Crippen LogP contribution in [0.5, 0.6) is 0 Å². The van der Waals surface area contributed by atoms with Gasteiger partial charge in [-0.2, -0.15) is 12.6 Å². The molecule has 5 atom stereocenters. The second-order valence-electron chi connectivity index (χ2n) is 7.80. The lowest BCUT2D eigenvalue weighted by Gasteiger charge is -2.28. The van der Waals surface area contributed by atoms with Crippen LogP contribution in [0, 0.1) is 11.8 Å². The number of amides is 4. The number of hydrogen-bond donors (Lipinski definition) is 7. The van der Waals surface area contributed by atoms with Crippen molar-refractivity contribution in [2.75, 3.05) is 5.75 Å². The van der Waals surface area contributed by atoms with E-state index in [0.29, 0.717) is 6.42 Å². The Labute approximate surface area is 187 Å². The summed E-state index contributed by atoms with van der Waals surface area (Å²) in [4.78, 5) is 60.3. The monoisotopic (exact) mass is 461 g/mol. The predicted octanol–water partition coefficient (Wildman–Crippen LogP) is -1.25. The van der Waals surface area contributed by atoms with Crippen LogP contribution < -0.4 is 27.4 Å². The number of carboxylic acids is 1.